The highest BCUT2D eigenvalue weighted by Crippen LogP contribution is 2.37. The van der Waals surface area contributed by atoms with Gasteiger partial charge in [-0.25, -0.2) is 13.2 Å². The molecule has 0 aromatic heterocycles. The maximum Gasteiger partial charge on any atom is 0.348 e. The van der Waals surface area contributed by atoms with Crippen molar-refractivity contribution in [3.8, 4) is 11.5 Å². The summed E-state index contributed by atoms with van der Waals surface area (Å²) in [7, 11) is -2.60. The van der Waals surface area contributed by atoms with Gasteiger partial charge in [0.25, 0.3) is 0 Å². The molecule has 0 saturated carbocycles. The molecule has 1 saturated heterocycles. The molecule has 0 radical (unpaired) electrons. The predicted molar refractivity (Wildman–Crippen MR) is 129 cm³/mol. The highest BCUT2D eigenvalue weighted by Gasteiger charge is 2.39. The topological polar surface area (TPSA) is 102 Å². The molecular weight excluding hydrogens is 496 g/mol. The number of carbonyl (C=O) groups excluding carboxylic acids is 2. The number of benzene rings is 2. The Hall–Kier alpha value is -2.82. The van der Waals surface area contributed by atoms with E-state index in [1.54, 1.807) is 48.2 Å². The fourth-order valence-corrected chi connectivity index (χ4v) is 6.22. The summed E-state index contributed by atoms with van der Waals surface area (Å²) in [4.78, 5) is 27.2. The van der Waals surface area contributed by atoms with Crippen LogP contribution >= 0.6 is 11.6 Å². The van der Waals surface area contributed by atoms with E-state index in [9.17, 15) is 18.0 Å². The van der Waals surface area contributed by atoms with Crippen molar-refractivity contribution in [3.05, 3.63) is 47.5 Å². The second-order valence-electron chi connectivity index (χ2n) is 8.25. The van der Waals surface area contributed by atoms with Gasteiger partial charge in [-0.2, -0.15) is 4.31 Å². The molecule has 188 valence electrons. The summed E-state index contributed by atoms with van der Waals surface area (Å²) in [6.45, 7) is 2.46. The standard InChI is InChI=1S/C24H27ClN2O7S/c1-3-33-20-9-8-17(25)14-22(20)35(30,31)26-12-10-16(11-13-26)23(28)27-15-21(24(29)32-2)34-19-7-5-4-6-18(19)27/h4-9,14,16,21H,3,10-13,15H2,1-2H3. The number of carbonyl (C=O) groups is 2. The van der Waals surface area contributed by atoms with Crippen molar-refractivity contribution >= 4 is 39.2 Å². The smallest absolute Gasteiger partial charge is 0.348 e. The van der Waals surface area contributed by atoms with Crippen molar-refractivity contribution in [1.82, 2.24) is 4.31 Å². The first-order valence-electron chi connectivity index (χ1n) is 11.3. The zero-order valence-electron chi connectivity index (χ0n) is 19.5. The number of fused-ring (bicyclic) bond motifs is 1. The van der Waals surface area contributed by atoms with Crippen molar-refractivity contribution in [2.75, 3.05) is 38.3 Å². The van der Waals surface area contributed by atoms with Crippen LogP contribution in [0.1, 0.15) is 19.8 Å². The number of halogens is 1. The van der Waals surface area contributed by atoms with Crippen LogP contribution in [0.2, 0.25) is 5.02 Å². The summed E-state index contributed by atoms with van der Waals surface area (Å²) in [5.41, 5.74) is 0.577. The van der Waals surface area contributed by atoms with Crippen molar-refractivity contribution in [2.24, 2.45) is 5.92 Å². The Bertz CT molecular complexity index is 1210. The number of anilines is 1. The first-order valence-corrected chi connectivity index (χ1v) is 13.2. The number of piperidine rings is 1. The zero-order valence-corrected chi connectivity index (χ0v) is 21.0. The molecule has 11 heteroatoms. The maximum atomic E-state index is 13.5. The van der Waals surface area contributed by atoms with Gasteiger partial charge in [-0.1, -0.05) is 23.7 Å². The van der Waals surface area contributed by atoms with Crippen LogP contribution in [0.5, 0.6) is 11.5 Å². The molecule has 0 spiro atoms. The Labute approximate surface area is 209 Å². The minimum Gasteiger partial charge on any atom is -0.492 e. The SMILES string of the molecule is CCOc1ccc(Cl)cc1S(=O)(=O)N1CCC(C(=O)N2CC(C(=O)OC)Oc3ccccc32)CC1. The van der Waals surface area contributed by atoms with Crippen LogP contribution in [0.4, 0.5) is 5.69 Å². The summed E-state index contributed by atoms with van der Waals surface area (Å²) >= 11 is 6.07. The third-order valence-corrected chi connectivity index (χ3v) is 8.29. The van der Waals surface area contributed by atoms with Gasteiger partial charge in [-0.15, -0.1) is 0 Å². The largest absolute Gasteiger partial charge is 0.492 e. The van der Waals surface area contributed by atoms with E-state index in [0.29, 0.717) is 35.9 Å². The Morgan fingerprint density at radius 1 is 1.14 bits per heavy atom. The lowest BCUT2D eigenvalue weighted by molar-refractivity contribution is -0.148. The van der Waals surface area contributed by atoms with E-state index in [1.807, 2.05) is 0 Å². The van der Waals surface area contributed by atoms with E-state index in [-0.39, 0.29) is 36.2 Å². The number of esters is 1. The number of hydrogen-bond acceptors (Lipinski definition) is 7. The molecule has 4 rings (SSSR count). The van der Waals surface area contributed by atoms with E-state index < -0.39 is 28.0 Å². The van der Waals surface area contributed by atoms with Gasteiger partial charge in [0.15, 0.2) is 0 Å². The van der Waals surface area contributed by atoms with Gasteiger partial charge < -0.3 is 19.1 Å². The molecule has 2 aliphatic heterocycles. The summed E-state index contributed by atoms with van der Waals surface area (Å²) in [5, 5.41) is 0.295. The first-order chi connectivity index (χ1) is 16.8. The molecule has 0 aliphatic carbocycles. The number of sulfonamides is 1. The first kappa shape index (κ1) is 25.3. The van der Waals surface area contributed by atoms with Gasteiger partial charge in [0.05, 0.1) is 25.9 Å². The molecule has 2 aromatic rings. The lowest BCUT2D eigenvalue weighted by Gasteiger charge is -2.37. The van der Waals surface area contributed by atoms with Crippen LogP contribution in [0.3, 0.4) is 0 Å². The molecule has 1 atom stereocenters. The van der Waals surface area contributed by atoms with E-state index in [0.717, 1.165) is 0 Å². The fourth-order valence-electron chi connectivity index (χ4n) is 4.36. The van der Waals surface area contributed by atoms with Crippen molar-refractivity contribution < 1.29 is 32.2 Å². The molecule has 1 amide bonds. The number of nitrogens with zero attached hydrogens (tertiary/aromatic N) is 2. The molecule has 1 unspecified atom stereocenters. The molecule has 0 bridgehead atoms. The van der Waals surface area contributed by atoms with Gasteiger partial charge in [0.2, 0.25) is 22.0 Å². The van der Waals surface area contributed by atoms with E-state index in [2.05, 4.69) is 0 Å². The lowest BCUT2D eigenvalue weighted by atomic mass is 9.95. The summed E-state index contributed by atoms with van der Waals surface area (Å²) in [6, 6.07) is 11.5. The Balaban J connectivity index is 1.50. The van der Waals surface area contributed by atoms with Crippen molar-refractivity contribution in [2.45, 2.75) is 30.8 Å². The van der Waals surface area contributed by atoms with Crippen LogP contribution in [0.15, 0.2) is 47.4 Å². The van der Waals surface area contributed by atoms with Crippen LogP contribution < -0.4 is 14.4 Å². The number of ether oxygens (including phenoxy) is 3. The molecule has 2 heterocycles. The second-order valence-corrected chi connectivity index (χ2v) is 10.6. The lowest BCUT2D eigenvalue weighted by Crippen LogP contribution is -2.51. The summed E-state index contributed by atoms with van der Waals surface area (Å²) < 4.78 is 44.1. The fraction of sp³-hybridized carbons (Fsp3) is 0.417. The Kier molecular flexibility index (Phi) is 7.53. The normalized spacial score (nSPS) is 18.9. The average Bonchev–Trinajstić information content (AvgIpc) is 2.88. The average molecular weight is 523 g/mol. The highest BCUT2D eigenvalue weighted by atomic mass is 35.5. The third kappa shape index (κ3) is 5.10. The number of para-hydroxylation sites is 2. The van der Waals surface area contributed by atoms with Gasteiger partial charge >= 0.3 is 5.97 Å². The van der Waals surface area contributed by atoms with Gasteiger partial charge in [-0.05, 0) is 50.1 Å². The van der Waals surface area contributed by atoms with Gasteiger partial charge in [0.1, 0.15) is 16.4 Å². The molecule has 2 aromatic carbocycles. The maximum absolute atomic E-state index is 13.5. The minimum absolute atomic E-state index is 0.0136. The van der Waals surface area contributed by atoms with Crippen LogP contribution in [-0.4, -0.2) is 64.1 Å². The molecule has 9 nitrogen and oxygen atoms in total. The Morgan fingerprint density at radius 3 is 2.54 bits per heavy atom. The highest BCUT2D eigenvalue weighted by molar-refractivity contribution is 7.89. The predicted octanol–water partition coefficient (Wildman–Crippen LogP) is 3.11. The number of rotatable bonds is 6. The quantitative estimate of drug-likeness (QED) is 0.537. The molecular formula is C24H27ClN2O7S. The van der Waals surface area contributed by atoms with Crippen LogP contribution in [-0.2, 0) is 24.3 Å². The monoisotopic (exact) mass is 522 g/mol. The number of methoxy groups -OCH3 is 1. The Morgan fingerprint density at radius 2 is 1.86 bits per heavy atom. The van der Waals surface area contributed by atoms with Gasteiger partial charge in [-0.3, -0.25) is 4.79 Å². The molecule has 2 aliphatic rings. The van der Waals surface area contributed by atoms with Gasteiger partial charge in [0, 0.05) is 24.0 Å². The zero-order chi connectivity index (χ0) is 25.2. The van der Waals surface area contributed by atoms with E-state index in [1.165, 1.54) is 17.5 Å². The van der Waals surface area contributed by atoms with E-state index in [4.69, 9.17) is 25.8 Å². The van der Waals surface area contributed by atoms with Crippen molar-refractivity contribution in [3.63, 3.8) is 0 Å². The third-order valence-electron chi connectivity index (χ3n) is 6.13. The molecule has 0 N–H and O–H groups in total. The molecule has 1 fully saturated rings. The van der Waals surface area contributed by atoms with Crippen LogP contribution in [0.25, 0.3) is 0 Å². The van der Waals surface area contributed by atoms with Crippen LogP contribution in [0, 0.1) is 5.92 Å². The van der Waals surface area contributed by atoms with E-state index >= 15 is 0 Å². The molecule has 35 heavy (non-hydrogen) atoms. The second kappa shape index (κ2) is 10.4. The number of amides is 1. The minimum atomic E-state index is -3.87. The summed E-state index contributed by atoms with van der Waals surface area (Å²) in [6.07, 6.45) is -0.255. The summed E-state index contributed by atoms with van der Waals surface area (Å²) in [5.74, 6) is -0.480. The number of hydrogen-bond donors (Lipinski definition) is 0. The van der Waals surface area contributed by atoms with Crippen molar-refractivity contribution in [1.29, 1.82) is 0 Å².